The van der Waals surface area contributed by atoms with E-state index in [1.165, 1.54) is 29.2 Å². The molecule has 1 saturated heterocycles. The first-order valence-electron chi connectivity index (χ1n) is 8.05. The summed E-state index contributed by atoms with van der Waals surface area (Å²) in [5, 5.41) is 9.23. The van der Waals surface area contributed by atoms with E-state index in [1.54, 1.807) is 6.92 Å². The molecule has 1 aromatic carbocycles. The molecule has 0 bridgehead atoms. The van der Waals surface area contributed by atoms with E-state index in [-0.39, 0.29) is 23.1 Å². The SMILES string of the molecule is CCCCS(=O)(=O)c1ccc(C(=O)N2CCC(C)(C(=O)O)C2)cc1. The van der Waals surface area contributed by atoms with E-state index in [4.69, 9.17) is 0 Å². The summed E-state index contributed by atoms with van der Waals surface area (Å²) in [7, 11) is -3.32. The summed E-state index contributed by atoms with van der Waals surface area (Å²) in [5.41, 5.74) is -0.543. The fraction of sp³-hybridized carbons (Fsp3) is 0.529. The monoisotopic (exact) mass is 353 g/mol. The van der Waals surface area contributed by atoms with E-state index < -0.39 is 21.2 Å². The highest BCUT2D eigenvalue weighted by Gasteiger charge is 2.42. The lowest BCUT2D eigenvalue weighted by Crippen LogP contribution is -2.34. The van der Waals surface area contributed by atoms with Gasteiger partial charge in [-0.15, -0.1) is 0 Å². The summed E-state index contributed by atoms with van der Waals surface area (Å²) in [5.74, 6) is -1.08. The van der Waals surface area contributed by atoms with Crippen LogP contribution in [0, 0.1) is 5.41 Å². The van der Waals surface area contributed by atoms with Crippen LogP contribution in [-0.2, 0) is 14.6 Å². The third-order valence-electron chi connectivity index (χ3n) is 4.50. The van der Waals surface area contributed by atoms with Crippen molar-refractivity contribution in [2.24, 2.45) is 5.41 Å². The van der Waals surface area contributed by atoms with Crippen molar-refractivity contribution in [3.05, 3.63) is 29.8 Å². The van der Waals surface area contributed by atoms with E-state index in [0.29, 0.717) is 24.9 Å². The Morgan fingerprint density at radius 2 is 1.88 bits per heavy atom. The fourth-order valence-electron chi connectivity index (χ4n) is 2.75. The molecule has 132 valence electrons. The number of carbonyl (C=O) groups excluding carboxylic acids is 1. The zero-order valence-electron chi connectivity index (χ0n) is 14.0. The highest BCUT2D eigenvalue weighted by Crippen LogP contribution is 2.31. The number of benzene rings is 1. The Morgan fingerprint density at radius 3 is 2.38 bits per heavy atom. The Bertz CT molecular complexity index is 726. The van der Waals surface area contributed by atoms with Gasteiger partial charge in [-0.1, -0.05) is 13.3 Å². The fourth-order valence-corrected chi connectivity index (χ4v) is 4.20. The Kier molecular flexibility index (Phi) is 5.32. The van der Waals surface area contributed by atoms with E-state index >= 15 is 0 Å². The number of rotatable bonds is 6. The van der Waals surface area contributed by atoms with Gasteiger partial charge < -0.3 is 10.0 Å². The average Bonchev–Trinajstić information content (AvgIpc) is 2.96. The lowest BCUT2D eigenvalue weighted by Gasteiger charge is -2.20. The molecule has 1 amide bonds. The van der Waals surface area contributed by atoms with Gasteiger partial charge >= 0.3 is 5.97 Å². The van der Waals surface area contributed by atoms with Gasteiger partial charge in [-0.05, 0) is 44.0 Å². The van der Waals surface area contributed by atoms with Crippen LogP contribution < -0.4 is 0 Å². The number of aliphatic carboxylic acids is 1. The highest BCUT2D eigenvalue weighted by atomic mass is 32.2. The van der Waals surface area contributed by atoms with Crippen LogP contribution in [0.3, 0.4) is 0 Å². The molecule has 1 atom stereocenters. The van der Waals surface area contributed by atoms with Crippen LogP contribution in [0.5, 0.6) is 0 Å². The van der Waals surface area contributed by atoms with Crippen molar-refractivity contribution >= 4 is 21.7 Å². The second-order valence-corrected chi connectivity index (χ2v) is 8.65. The minimum atomic E-state index is -3.32. The molecule has 1 aromatic rings. The van der Waals surface area contributed by atoms with Crippen molar-refractivity contribution in [1.29, 1.82) is 0 Å². The maximum Gasteiger partial charge on any atom is 0.311 e. The van der Waals surface area contributed by atoms with Crippen molar-refractivity contribution in [2.45, 2.75) is 38.0 Å². The number of carboxylic acids is 1. The van der Waals surface area contributed by atoms with E-state index in [0.717, 1.165) is 6.42 Å². The molecule has 24 heavy (non-hydrogen) atoms. The molecule has 2 rings (SSSR count). The first kappa shape index (κ1) is 18.4. The maximum atomic E-state index is 12.5. The molecule has 0 radical (unpaired) electrons. The standard InChI is InChI=1S/C17H23NO5S/c1-3-4-11-24(22,23)14-7-5-13(6-8-14)15(19)18-10-9-17(2,12-18)16(20)21/h5-8H,3-4,9-12H2,1-2H3,(H,20,21). The molecule has 0 aliphatic carbocycles. The van der Waals surface area contributed by atoms with Crippen LogP contribution in [0.15, 0.2) is 29.2 Å². The topological polar surface area (TPSA) is 91.8 Å². The minimum Gasteiger partial charge on any atom is -0.481 e. The van der Waals surface area contributed by atoms with Gasteiger partial charge in [0.2, 0.25) is 0 Å². The molecule has 1 aliphatic heterocycles. The molecule has 1 unspecified atom stereocenters. The van der Waals surface area contributed by atoms with E-state index in [9.17, 15) is 23.1 Å². The number of nitrogens with zero attached hydrogens (tertiary/aromatic N) is 1. The number of amides is 1. The Morgan fingerprint density at radius 1 is 1.25 bits per heavy atom. The van der Waals surface area contributed by atoms with Gasteiger partial charge in [0.15, 0.2) is 9.84 Å². The number of hydrogen-bond donors (Lipinski definition) is 1. The van der Waals surface area contributed by atoms with Crippen LogP contribution in [0.25, 0.3) is 0 Å². The number of unbranched alkanes of at least 4 members (excludes halogenated alkanes) is 1. The third kappa shape index (κ3) is 3.77. The van der Waals surface area contributed by atoms with Crippen LogP contribution in [0.1, 0.15) is 43.5 Å². The van der Waals surface area contributed by atoms with Crippen LogP contribution in [0.4, 0.5) is 0 Å². The van der Waals surface area contributed by atoms with Crippen molar-refractivity contribution in [3.63, 3.8) is 0 Å². The van der Waals surface area contributed by atoms with Crippen molar-refractivity contribution in [3.8, 4) is 0 Å². The van der Waals surface area contributed by atoms with Gasteiger partial charge in [0.25, 0.3) is 5.91 Å². The molecule has 1 aliphatic rings. The first-order chi connectivity index (χ1) is 11.2. The summed E-state index contributed by atoms with van der Waals surface area (Å²) in [6, 6.07) is 5.89. The van der Waals surface area contributed by atoms with Crippen molar-refractivity contribution in [2.75, 3.05) is 18.8 Å². The van der Waals surface area contributed by atoms with Crippen molar-refractivity contribution < 1.29 is 23.1 Å². The molecule has 1 fully saturated rings. The molecular formula is C17H23NO5S. The average molecular weight is 353 g/mol. The molecule has 7 heteroatoms. The number of carboxylic acid groups (broad SMARTS) is 1. The minimum absolute atomic E-state index is 0.0971. The van der Waals surface area contributed by atoms with E-state index in [1.807, 2.05) is 6.92 Å². The van der Waals surface area contributed by atoms with Gasteiger partial charge in [-0.25, -0.2) is 8.42 Å². The zero-order chi connectivity index (χ0) is 18.0. The summed E-state index contributed by atoms with van der Waals surface area (Å²) >= 11 is 0. The maximum absolute atomic E-state index is 12.5. The predicted molar refractivity (Wildman–Crippen MR) is 89.7 cm³/mol. The molecule has 0 aromatic heterocycles. The molecule has 0 spiro atoms. The molecule has 6 nitrogen and oxygen atoms in total. The second kappa shape index (κ2) is 6.93. The van der Waals surface area contributed by atoms with Gasteiger partial charge in [-0.3, -0.25) is 9.59 Å². The van der Waals surface area contributed by atoms with Gasteiger partial charge in [0, 0.05) is 18.7 Å². The summed E-state index contributed by atoms with van der Waals surface area (Å²) in [4.78, 5) is 25.5. The largest absolute Gasteiger partial charge is 0.481 e. The predicted octanol–water partition coefficient (Wildman–Crippen LogP) is 2.20. The lowest BCUT2D eigenvalue weighted by molar-refractivity contribution is -0.147. The Balaban J connectivity index is 2.11. The molecule has 0 saturated carbocycles. The first-order valence-corrected chi connectivity index (χ1v) is 9.70. The van der Waals surface area contributed by atoms with Crippen LogP contribution in [-0.4, -0.2) is 49.1 Å². The second-order valence-electron chi connectivity index (χ2n) is 6.54. The Hall–Kier alpha value is -1.89. The van der Waals surface area contributed by atoms with Gasteiger partial charge in [0.1, 0.15) is 0 Å². The zero-order valence-corrected chi connectivity index (χ0v) is 14.8. The number of carbonyl (C=O) groups is 2. The number of sulfone groups is 1. The Labute approximate surface area is 142 Å². The van der Waals surface area contributed by atoms with Crippen LogP contribution >= 0.6 is 0 Å². The van der Waals surface area contributed by atoms with Crippen LogP contribution in [0.2, 0.25) is 0 Å². The number of likely N-dealkylation sites (tertiary alicyclic amines) is 1. The summed E-state index contributed by atoms with van der Waals surface area (Å²) < 4.78 is 24.3. The molecular weight excluding hydrogens is 330 g/mol. The highest BCUT2D eigenvalue weighted by molar-refractivity contribution is 7.91. The summed E-state index contributed by atoms with van der Waals surface area (Å²) in [6.45, 7) is 4.11. The molecule has 1 heterocycles. The number of hydrogen-bond acceptors (Lipinski definition) is 4. The molecule has 1 N–H and O–H groups in total. The smallest absolute Gasteiger partial charge is 0.311 e. The quantitative estimate of drug-likeness (QED) is 0.846. The third-order valence-corrected chi connectivity index (χ3v) is 6.32. The van der Waals surface area contributed by atoms with Crippen molar-refractivity contribution in [1.82, 2.24) is 4.90 Å². The van der Waals surface area contributed by atoms with E-state index in [2.05, 4.69) is 0 Å². The van der Waals surface area contributed by atoms with Gasteiger partial charge in [0.05, 0.1) is 16.1 Å². The van der Waals surface area contributed by atoms with Gasteiger partial charge in [-0.2, -0.15) is 0 Å². The lowest BCUT2D eigenvalue weighted by atomic mass is 9.90. The normalized spacial score (nSPS) is 21.0. The summed E-state index contributed by atoms with van der Waals surface area (Å²) in [6.07, 6.45) is 1.81.